The number of sulfonamides is 1. The second-order valence-corrected chi connectivity index (χ2v) is 7.85. The minimum absolute atomic E-state index is 0.0347. The largest absolute Gasteiger partial charge is 0.493 e. The van der Waals surface area contributed by atoms with Gasteiger partial charge in [0, 0.05) is 6.07 Å². The first-order valence-corrected chi connectivity index (χ1v) is 9.94. The first kappa shape index (κ1) is 19.7. The summed E-state index contributed by atoms with van der Waals surface area (Å²) in [4.78, 5) is 0.159. The van der Waals surface area contributed by atoms with Crippen LogP contribution in [0.4, 0.5) is 10.1 Å². The second-order valence-electron chi connectivity index (χ2n) is 5.99. The van der Waals surface area contributed by atoms with Crippen LogP contribution in [0.1, 0.15) is 5.56 Å². The second kappa shape index (κ2) is 8.31. The van der Waals surface area contributed by atoms with Gasteiger partial charge in [0.25, 0.3) is 10.0 Å². The number of hydrogen-bond donors (Lipinski definition) is 0. The lowest BCUT2D eigenvalue weighted by molar-refractivity contribution is 0.355. The third kappa shape index (κ3) is 4.09. The van der Waals surface area contributed by atoms with Gasteiger partial charge >= 0.3 is 0 Å². The molecule has 0 amide bonds. The van der Waals surface area contributed by atoms with Crippen LogP contribution in [0.3, 0.4) is 0 Å². The molecular weight excluding hydrogens is 381 g/mol. The zero-order valence-corrected chi connectivity index (χ0v) is 16.3. The van der Waals surface area contributed by atoms with Crippen molar-refractivity contribution in [2.45, 2.75) is 11.4 Å². The van der Waals surface area contributed by atoms with Gasteiger partial charge in [0.05, 0.1) is 31.3 Å². The molecule has 146 valence electrons. The summed E-state index contributed by atoms with van der Waals surface area (Å²) in [6, 6.07) is 18.8. The van der Waals surface area contributed by atoms with Crippen LogP contribution in [0.15, 0.2) is 77.7 Å². The van der Waals surface area contributed by atoms with Gasteiger partial charge in [-0.05, 0) is 42.0 Å². The molecule has 0 fully saturated rings. The van der Waals surface area contributed by atoms with E-state index < -0.39 is 10.0 Å². The van der Waals surface area contributed by atoms with Crippen LogP contribution in [-0.2, 0) is 16.6 Å². The van der Waals surface area contributed by atoms with E-state index in [0.717, 1.165) is 0 Å². The van der Waals surface area contributed by atoms with Gasteiger partial charge in [0.15, 0.2) is 11.5 Å². The maximum atomic E-state index is 13.3. The molecule has 0 heterocycles. The van der Waals surface area contributed by atoms with Crippen LogP contribution in [-0.4, -0.2) is 22.6 Å². The molecule has 0 N–H and O–H groups in total. The van der Waals surface area contributed by atoms with E-state index in [1.54, 1.807) is 48.5 Å². The van der Waals surface area contributed by atoms with E-state index in [9.17, 15) is 12.8 Å². The Morgan fingerprint density at radius 3 is 2.11 bits per heavy atom. The highest BCUT2D eigenvalue weighted by Gasteiger charge is 2.26. The van der Waals surface area contributed by atoms with Gasteiger partial charge in [-0.15, -0.1) is 0 Å². The Kier molecular flexibility index (Phi) is 5.84. The van der Waals surface area contributed by atoms with E-state index in [4.69, 9.17) is 9.47 Å². The molecule has 3 aromatic rings. The molecule has 0 radical (unpaired) electrons. The summed E-state index contributed by atoms with van der Waals surface area (Å²) in [6.45, 7) is 0.0347. The van der Waals surface area contributed by atoms with Crippen molar-refractivity contribution in [3.63, 3.8) is 0 Å². The Labute approximate surface area is 164 Å². The minimum Gasteiger partial charge on any atom is -0.493 e. The van der Waals surface area contributed by atoms with Crippen molar-refractivity contribution in [1.29, 1.82) is 0 Å². The molecule has 0 bridgehead atoms. The number of rotatable bonds is 7. The summed E-state index contributed by atoms with van der Waals surface area (Å²) in [6.07, 6.45) is 0. The number of halogens is 1. The fourth-order valence-corrected chi connectivity index (χ4v) is 4.24. The molecule has 3 aromatic carbocycles. The molecule has 0 aromatic heterocycles. The molecule has 0 unspecified atom stereocenters. The van der Waals surface area contributed by atoms with Gasteiger partial charge < -0.3 is 9.47 Å². The molecule has 5 nitrogen and oxygen atoms in total. The first-order valence-electron chi connectivity index (χ1n) is 8.50. The summed E-state index contributed by atoms with van der Waals surface area (Å²) >= 11 is 0. The molecule has 0 aliphatic carbocycles. The SMILES string of the molecule is COc1ccc(N(Cc2ccc(F)cc2)S(=O)(=O)c2ccccc2)cc1OC. The van der Waals surface area contributed by atoms with Crippen LogP contribution in [0, 0.1) is 5.82 Å². The van der Waals surface area contributed by atoms with E-state index in [1.807, 2.05) is 0 Å². The van der Waals surface area contributed by atoms with Crippen LogP contribution in [0.5, 0.6) is 11.5 Å². The highest BCUT2D eigenvalue weighted by Crippen LogP contribution is 2.34. The van der Waals surface area contributed by atoms with E-state index in [0.29, 0.717) is 22.7 Å². The van der Waals surface area contributed by atoms with Crippen LogP contribution in [0.2, 0.25) is 0 Å². The van der Waals surface area contributed by atoms with Gasteiger partial charge in [-0.1, -0.05) is 30.3 Å². The lowest BCUT2D eigenvalue weighted by atomic mass is 10.2. The van der Waals surface area contributed by atoms with Crippen molar-refractivity contribution >= 4 is 15.7 Å². The normalized spacial score (nSPS) is 11.1. The Balaban J connectivity index is 2.10. The van der Waals surface area contributed by atoms with Gasteiger partial charge in [-0.3, -0.25) is 4.31 Å². The smallest absolute Gasteiger partial charge is 0.264 e. The molecule has 0 spiro atoms. The highest BCUT2D eigenvalue weighted by atomic mass is 32.2. The molecule has 0 aliphatic heterocycles. The number of benzene rings is 3. The lowest BCUT2D eigenvalue weighted by Crippen LogP contribution is -2.30. The molecule has 0 aliphatic rings. The summed E-state index contributed by atoms with van der Waals surface area (Å²) in [5, 5.41) is 0. The third-order valence-electron chi connectivity index (χ3n) is 4.23. The van der Waals surface area contributed by atoms with Crippen molar-refractivity contribution in [3.05, 3.63) is 84.2 Å². The molecular formula is C21H20FNO4S. The monoisotopic (exact) mass is 401 g/mol. The van der Waals surface area contributed by atoms with Crippen molar-refractivity contribution in [3.8, 4) is 11.5 Å². The van der Waals surface area contributed by atoms with Gasteiger partial charge in [-0.2, -0.15) is 0 Å². The lowest BCUT2D eigenvalue weighted by Gasteiger charge is -2.25. The summed E-state index contributed by atoms with van der Waals surface area (Å²) in [5.74, 6) is 0.518. The molecule has 7 heteroatoms. The Morgan fingerprint density at radius 1 is 0.857 bits per heavy atom. The first-order chi connectivity index (χ1) is 13.5. The van der Waals surface area contributed by atoms with Crippen LogP contribution < -0.4 is 13.8 Å². The minimum atomic E-state index is -3.86. The number of methoxy groups -OCH3 is 2. The Hall–Kier alpha value is -3.06. The number of ether oxygens (including phenoxy) is 2. The van der Waals surface area contributed by atoms with Crippen LogP contribution >= 0.6 is 0 Å². The van der Waals surface area contributed by atoms with E-state index in [2.05, 4.69) is 0 Å². The molecule has 28 heavy (non-hydrogen) atoms. The number of nitrogens with zero attached hydrogens (tertiary/aromatic N) is 1. The van der Waals surface area contributed by atoms with Crippen LogP contribution in [0.25, 0.3) is 0 Å². The van der Waals surface area contributed by atoms with Crippen molar-refractivity contribution in [2.75, 3.05) is 18.5 Å². The van der Waals surface area contributed by atoms with Gasteiger partial charge in [0.1, 0.15) is 5.82 Å². The average Bonchev–Trinajstić information content (AvgIpc) is 2.73. The molecule has 3 rings (SSSR count). The van der Waals surface area contributed by atoms with Gasteiger partial charge in [-0.25, -0.2) is 12.8 Å². The molecule has 0 saturated carbocycles. The zero-order valence-electron chi connectivity index (χ0n) is 15.5. The van der Waals surface area contributed by atoms with Crippen molar-refractivity contribution in [2.24, 2.45) is 0 Å². The van der Waals surface area contributed by atoms with Crippen molar-refractivity contribution in [1.82, 2.24) is 0 Å². The van der Waals surface area contributed by atoms with E-state index >= 15 is 0 Å². The topological polar surface area (TPSA) is 55.8 Å². The summed E-state index contributed by atoms with van der Waals surface area (Å²) < 4.78 is 51.8. The standard InChI is InChI=1S/C21H20FNO4S/c1-26-20-13-12-18(14-21(20)27-2)23(15-16-8-10-17(22)11-9-16)28(24,25)19-6-4-3-5-7-19/h3-14H,15H2,1-2H3. The fourth-order valence-electron chi connectivity index (χ4n) is 2.77. The molecule has 0 atom stereocenters. The number of hydrogen-bond acceptors (Lipinski definition) is 4. The molecule has 0 saturated heterocycles. The quantitative estimate of drug-likeness (QED) is 0.594. The van der Waals surface area contributed by atoms with E-state index in [-0.39, 0.29) is 17.3 Å². The maximum absolute atomic E-state index is 13.3. The number of anilines is 1. The Bertz CT molecular complexity index is 1040. The summed E-state index contributed by atoms with van der Waals surface area (Å²) in [7, 11) is -0.872. The third-order valence-corrected chi connectivity index (χ3v) is 6.01. The van der Waals surface area contributed by atoms with E-state index in [1.165, 1.54) is 42.8 Å². The Morgan fingerprint density at radius 2 is 1.50 bits per heavy atom. The maximum Gasteiger partial charge on any atom is 0.264 e. The van der Waals surface area contributed by atoms with Gasteiger partial charge in [0.2, 0.25) is 0 Å². The predicted octanol–water partition coefficient (Wildman–Crippen LogP) is 4.24. The highest BCUT2D eigenvalue weighted by molar-refractivity contribution is 7.92. The summed E-state index contributed by atoms with van der Waals surface area (Å²) in [5.41, 5.74) is 1.06. The zero-order chi connectivity index (χ0) is 20.1. The predicted molar refractivity (Wildman–Crippen MR) is 106 cm³/mol. The van der Waals surface area contributed by atoms with Crippen molar-refractivity contribution < 1.29 is 22.3 Å². The average molecular weight is 401 g/mol. The fraction of sp³-hybridized carbons (Fsp3) is 0.143.